The second-order valence-electron chi connectivity index (χ2n) is 2.30. The Balaban J connectivity index is 3.77. The number of aromatic amines is 2. The second kappa shape index (κ2) is 2.80. The quantitative estimate of drug-likeness (QED) is 0.580. The first-order valence-electron chi connectivity index (χ1n) is 3.10. The van der Waals surface area contributed by atoms with Gasteiger partial charge in [-0.1, -0.05) is 0 Å². The van der Waals surface area contributed by atoms with E-state index in [1.54, 1.807) is 4.98 Å². The summed E-state index contributed by atoms with van der Waals surface area (Å²) >= 11 is 0. The predicted molar refractivity (Wildman–Crippen MR) is 40.7 cm³/mol. The van der Waals surface area contributed by atoms with Crippen molar-refractivity contribution in [3.05, 3.63) is 26.5 Å². The summed E-state index contributed by atoms with van der Waals surface area (Å²) in [6.07, 6.45) is 0. The third-order valence-corrected chi connectivity index (χ3v) is 2.30. The minimum atomic E-state index is -5.09. The van der Waals surface area contributed by atoms with Gasteiger partial charge < -0.3 is 4.98 Å². The first-order chi connectivity index (χ1) is 5.82. The van der Waals surface area contributed by atoms with Crippen LogP contribution < -0.4 is 11.2 Å². The van der Waals surface area contributed by atoms with Gasteiger partial charge in [0.1, 0.15) is 0 Å². The van der Waals surface area contributed by atoms with Crippen molar-refractivity contribution in [1.29, 1.82) is 0 Å². The summed E-state index contributed by atoms with van der Waals surface area (Å²) in [7, 11) is -5.09. The molecule has 1 aromatic rings. The molecule has 0 aliphatic carbocycles. The zero-order chi connectivity index (χ0) is 10.2. The highest BCUT2D eigenvalue weighted by atomic mass is 32.3. The maximum atomic E-state index is 12.4. The van der Waals surface area contributed by atoms with E-state index < -0.39 is 26.4 Å². The van der Waals surface area contributed by atoms with E-state index in [9.17, 15) is 21.9 Å². The van der Waals surface area contributed by atoms with E-state index in [4.69, 9.17) is 0 Å². The summed E-state index contributed by atoms with van der Waals surface area (Å²) in [5.74, 6) is 0. The number of hydrogen-bond acceptors (Lipinski definition) is 4. The van der Waals surface area contributed by atoms with Crippen LogP contribution in [0.25, 0.3) is 0 Å². The van der Waals surface area contributed by atoms with Crippen LogP contribution in [0.1, 0.15) is 5.69 Å². The van der Waals surface area contributed by atoms with Gasteiger partial charge in [-0.3, -0.25) is 9.78 Å². The lowest BCUT2D eigenvalue weighted by Gasteiger charge is -1.96. The lowest BCUT2D eigenvalue weighted by atomic mass is 10.4. The highest BCUT2D eigenvalue weighted by Gasteiger charge is 2.20. The number of aryl methyl sites for hydroxylation is 1. The van der Waals surface area contributed by atoms with E-state index in [1.165, 1.54) is 0 Å². The Morgan fingerprint density at radius 3 is 2.15 bits per heavy atom. The van der Waals surface area contributed by atoms with Crippen LogP contribution in [0.4, 0.5) is 3.89 Å². The summed E-state index contributed by atoms with van der Waals surface area (Å²) in [4.78, 5) is 23.9. The van der Waals surface area contributed by atoms with Crippen molar-refractivity contribution >= 4 is 10.2 Å². The Morgan fingerprint density at radius 2 is 1.77 bits per heavy atom. The Kier molecular flexibility index (Phi) is 2.08. The zero-order valence-electron chi connectivity index (χ0n) is 6.42. The molecule has 0 bridgehead atoms. The van der Waals surface area contributed by atoms with Gasteiger partial charge >= 0.3 is 15.9 Å². The van der Waals surface area contributed by atoms with Crippen LogP contribution in [0.3, 0.4) is 0 Å². The van der Waals surface area contributed by atoms with Crippen LogP contribution >= 0.6 is 0 Å². The van der Waals surface area contributed by atoms with Gasteiger partial charge in [-0.15, -0.1) is 3.89 Å². The minimum absolute atomic E-state index is 0.323. The predicted octanol–water partition coefficient (Wildman–Crippen LogP) is -0.970. The number of nitrogens with one attached hydrogen (secondary N) is 2. The fourth-order valence-electron chi connectivity index (χ4n) is 0.882. The van der Waals surface area contributed by atoms with Gasteiger partial charge in [-0.2, -0.15) is 8.42 Å². The molecule has 0 atom stereocenters. The maximum Gasteiger partial charge on any atom is 0.339 e. The molecule has 0 unspecified atom stereocenters. The highest BCUT2D eigenvalue weighted by Crippen LogP contribution is 2.07. The molecule has 72 valence electrons. The van der Waals surface area contributed by atoms with Gasteiger partial charge in [0, 0.05) is 5.69 Å². The molecule has 0 aliphatic rings. The molecule has 1 rings (SSSR count). The van der Waals surface area contributed by atoms with Crippen LogP contribution in [0.15, 0.2) is 14.5 Å². The van der Waals surface area contributed by atoms with Crippen molar-refractivity contribution in [3.63, 3.8) is 0 Å². The third kappa shape index (κ3) is 1.83. The monoisotopic (exact) mass is 208 g/mol. The Bertz CT molecular complexity index is 540. The smallest absolute Gasteiger partial charge is 0.310 e. The molecule has 1 aromatic heterocycles. The molecule has 8 heteroatoms. The number of rotatable bonds is 1. The molecule has 13 heavy (non-hydrogen) atoms. The number of H-pyrrole nitrogens is 2. The normalized spacial score (nSPS) is 11.5. The topological polar surface area (TPSA) is 99.9 Å². The average Bonchev–Trinajstić information content (AvgIpc) is 1.78. The SMILES string of the molecule is Cc1[nH]c(=O)[nH]c(=O)c1S(=O)(=O)F. The van der Waals surface area contributed by atoms with E-state index in [-0.39, 0.29) is 5.69 Å². The zero-order valence-corrected chi connectivity index (χ0v) is 7.24. The van der Waals surface area contributed by atoms with Crippen molar-refractivity contribution in [2.75, 3.05) is 0 Å². The number of aromatic nitrogens is 2. The largest absolute Gasteiger partial charge is 0.339 e. The molecular formula is C5H5FN2O4S. The van der Waals surface area contributed by atoms with Crippen LogP contribution in [0.5, 0.6) is 0 Å². The minimum Gasteiger partial charge on any atom is -0.310 e. The molecule has 2 N–H and O–H groups in total. The summed E-state index contributed by atoms with van der Waals surface area (Å²) in [5.41, 5.74) is -2.46. The van der Waals surface area contributed by atoms with Gasteiger partial charge in [-0.25, -0.2) is 4.79 Å². The standard InChI is InChI=1S/C5H5FN2O4S/c1-2-3(13(6,11)12)4(9)8-5(10)7-2/h1H3,(H2,7,8,9,10). The molecule has 0 aliphatic heterocycles. The van der Waals surface area contributed by atoms with Gasteiger partial charge in [0.25, 0.3) is 5.56 Å². The van der Waals surface area contributed by atoms with Gasteiger partial charge in [0.15, 0.2) is 4.90 Å². The molecule has 0 spiro atoms. The fourth-order valence-corrected chi connectivity index (χ4v) is 1.57. The van der Waals surface area contributed by atoms with Gasteiger partial charge in [0.05, 0.1) is 0 Å². The molecule has 6 nitrogen and oxygen atoms in total. The summed E-state index contributed by atoms with van der Waals surface area (Å²) < 4.78 is 33.2. The van der Waals surface area contributed by atoms with Crippen molar-refractivity contribution in [3.8, 4) is 0 Å². The first-order valence-corrected chi connectivity index (χ1v) is 4.48. The molecule has 0 amide bonds. The maximum absolute atomic E-state index is 12.4. The van der Waals surface area contributed by atoms with Crippen molar-refractivity contribution in [2.24, 2.45) is 0 Å². The van der Waals surface area contributed by atoms with E-state index in [2.05, 4.69) is 0 Å². The Hall–Kier alpha value is -1.44. The van der Waals surface area contributed by atoms with Crippen molar-refractivity contribution in [2.45, 2.75) is 11.8 Å². The van der Waals surface area contributed by atoms with Crippen molar-refractivity contribution in [1.82, 2.24) is 9.97 Å². The first kappa shape index (κ1) is 9.65. The second-order valence-corrected chi connectivity index (χ2v) is 3.58. The van der Waals surface area contributed by atoms with E-state index in [1.807, 2.05) is 4.98 Å². The van der Waals surface area contributed by atoms with Crippen LogP contribution in [0.2, 0.25) is 0 Å². The molecule has 0 saturated carbocycles. The summed E-state index contributed by atoms with van der Waals surface area (Å²) in [5, 5.41) is 0. The molecule has 0 fully saturated rings. The molecule has 1 heterocycles. The highest BCUT2D eigenvalue weighted by molar-refractivity contribution is 7.86. The Labute approximate surface area is 71.6 Å². The van der Waals surface area contributed by atoms with Crippen molar-refractivity contribution < 1.29 is 12.3 Å². The van der Waals surface area contributed by atoms with Crippen LogP contribution in [-0.4, -0.2) is 18.4 Å². The number of hydrogen-bond donors (Lipinski definition) is 2. The van der Waals surface area contributed by atoms with Gasteiger partial charge in [-0.05, 0) is 6.92 Å². The lowest BCUT2D eigenvalue weighted by Crippen LogP contribution is -2.27. The van der Waals surface area contributed by atoms with Crippen LogP contribution in [-0.2, 0) is 10.2 Å². The van der Waals surface area contributed by atoms with Crippen LogP contribution in [0, 0.1) is 6.92 Å². The Morgan fingerprint density at radius 1 is 1.23 bits per heavy atom. The fraction of sp³-hybridized carbons (Fsp3) is 0.200. The lowest BCUT2D eigenvalue weighted by molar-refractivity contribution is 0.548. The average molecular weight is 208 g/mol. The summed E-state index contributed by atoms with van der Waals surface area (Å²) in [6, 6.07) is 0. The molecule has 0 radical (unpaired) electrons. The summed E-state index contributed by atoms with van der Waals surface area (Å²) in [6.45, 7) is 1.11. The van der Waals surface area contributed by atoms with E-state index >= 15 is 0 Å². The van der Waals surface area contributed by atoms with Gasteiger partial charge in [0.2, 0.25) is 0 Å². The van der Waals surface area contributed by atoms with E-state index in [0.29, 0.717) is 0 Å². The molecule has 0 saturated heterocycles. The molecular weight excluding hydrogens is 203 g/mol. The van der Waals surface area contributed by atoms with E-state index in [0.717, 1.165) is 6.92 Å². The third-order valence-electron chi connectivity index (χ3n) is 1.32. The number of halogens is 1. The molecule has 0 aromatic carbocycles.